The second-order valence-corrected chi connectivity index (χ2v) is 5.24. The molecule has 112 valence electrons. The van der Waals surface area contributed by atoms with Crippen molar-refractivity contribution in [2.24, 2.45) is 0 Å². The predicted molar refractivity (Wildman–Crippen MR) is 76.4 cm³/mol. The third kappa shape index (κ3) is 3.98. The Morgan fingerprint density at radius 3 is 2.43 bits per heavy atom. The normalized spacial score (nSPS) is 11.5. The summed E-state index contributed by atoms with van der Waals surface area (Å²) in [5.74, 6) is 0.0375. The Morgan fingerprint density at radius 1 is 1.05 bits per heavy atom. The van der Waals surface area contributed by atoms with Gasteiger partial charge in [0.2, 0.25) is 0 Å². The van der Waals surface area contributed by atoms with Gasteiger partial charge in [0.15, 0.2) is 0 Å². The van der Waals surface area contributed by atoms with Gasteiger partial charge in [-0.3, -0.25) is 0 Å². The highest BCUT2D eigenvalue weighted by Gasteiger charge is 2.34. The lowest BCUT2D eigenvalue weighted by Crippen LogP contribution is -2.07. The molecule has 0 saturated heterocycles. The van der Waals surface area contributed by atoms with Crippen LogP contribution in [0.3, 0.4) is 0 Å². The minimum absolute atomic E-state index is 0.104. The van der Waals surface area contributed by atoms with E-state index in [4.69, 9.17) is 9.84 Å². The van der Waals surface area contributed by atoms with E-state index in [0.29, 0.717) is 22.2 Å². The van der Waals surface area contributed by atoms with Crippen molar-refractivity contribution in [1.82, 2.24) is 0 Å². The van der Waals surface area contributed by atoms with Gasteiger partial charge in [0.25, 0.3) is 0 Å². The van der Waals surface area contributed by atoms with Crippen LogP contribution in [0.5, 0.6) is 11.5 Å². The van der Waals surface area contributed by atoms with Crippen LogP contribution in [0.1, 0.15) is 11.1 Å². The first-order valence-corrected chi connectivity index (χ1v) is 6.94. The van der Waals surface area contributed by atoms with Crippen LogP contribution in [0.4, 0.5) is 13.2 Å². The number of rotatable bonds is 4. The summed E-state index contributed by atoms with van der Waals surface area (Å²) in [6, 6.07) is 10.4. The number of aliphatic hydroxyl groups excluding tert-OH is 1. The molecule has 2 aromatic rings. The van der Waals surface area contributed by atoms with Crippen molar-refractivity contribution in [2.45, 2.75) is 12.6 Å². The molecule has 0 amide bonds. The van der Waals surface area contributed by atoms with Gasteiger partial charge in [0.1, 0.15) is 11.5 Å². The maximum Gasteiger partial charge on any atom is 0.420 e. The van der Waals surface area contributed by atoms with Gasteiger partial charge in [-0.25, -0.2) is 0 Å². The fraction of sp³-hybridized carbons (Fsp3) is 0.200. The molecule has 0 bridgehead atoms. The number of halogens is 4. The van der Waals surface area contributed by atoms with Crippen molar-refractivity contribution < 1.29 is 23.0 Å². The summed E-state index contributed by atoms with van der Waals surface area (Å²) in [5, 5.41) is 8.99. The van der Waals surface area contributed by atoms with Gasteiger partial charge in [-0.05, 0) is 36.2 Å². The maximum atomic E-state index is 13.0. The second kappa shape index (κ2) is 6.49. The molecule has 0 atom stereocenters. The SMILES string of the molecule is OCCc1ccccc1Oc1ccc(Br)cc1C(F)(F)F. The van der Waals surface area contributed by atoms with Crippen molar-refractivity contribution in [1.29, 1.82) is 0 Å². The first-order chi connectivity index (χ1) is 9.91. The standard InChI is InChI=1S/C15H12BrF3O2/c16-11-5-6-14(12(9-11)15(17,18)19)21-13-4-2-1-3-10(13)7-8-20/h1-6,9,20H,7-8H2. The van der Waals surface area contributed by atoms with E-state index in [0.717, 1.165) is 6.07 Å². The highest BCUT2D eigenvalue weighted by Crippen LogP contribution is 2.40. The summed E-state index contributed by atoms with van der Waals surface area (Å²) in [6.45, 7) is -0.104. The Morgan fingerprint density at radius 2 is 1.76 bits per heavy atom. The molecule has 0 fully saturated rings. The summed E-state index contributed by atoms with van der Waals surface area (Å²) in [6.07, 6.45) is -4.20. The molecule has 0 aliphatic heterocycles. The molecule has 2 rings (SSSR count). The molecule has 21 heavy (non-hydrogen) atoms. The van der Waals surface area contributed by atoms with E-state index in [1.807, 2.05) is 0 Å². The van der Waals surface area contributed by atoms with Crippen molar-refractivity contribution >= 4 is 15.9 Å². The summed E-state index contributed by atoms with van der Waals surface area (Å²) in [5.41, 5.74) is -0.202. The number of para-hydroxylation sites is 1. The third-order valence-corrected chi connectivity index (χ3v) is 3.31. The van der Waals surface area contributed by atoms with Crippen LogP contribution in [-0.4, -0.2) is 11.7 Å². The summed E-state index contributed by atoms with van der Waals surface area (Å²) < 4.78 is 44.9. The van der Waals surface area contributed by atoms with Crippen molar-refractivity contribution in [3.8, 4) is 11.5 Å². The lowest BCUT2D eigenvalue weighted by molar-refractivity contribution is -0.138. The largest absolute Gasteiger partial charge is 0.456 e. The molecule has 0 unspecified atom stereocenters. The van der Waals surface area contributed by atoms with Crippen LogP contribution in [0.15, 0.2) is 46.9 Å². The minimum Gasteiger partial charge on any atom is -0.456 e. The Bertz CT molecular complexity index is 627. The topological polar surface area (TPSA) is 29.5 Å². The summed E-state index contributed by atoms with van der Waals surface area (Å²) in [4.78, 5) is 0. The van der Waals surface area contributed by atoms with E-state index in [-0.39, 0.29) is 12.4 Å². The van der Waals surface area contributed by atoms with Gasteiger partial charge in [-0.1, -0.05) is 34.1 Å². The number of ether oxygens (including phenoxy) is 1. The van der Waals surface area contributed by atoms with Gasteiger partial charge < -0.3 is 9.84 Å². The average Bonchev–Trinajstić information content (AvgIpc) is 2.42. The molecule has 0 saturated carbocycles. The number of alkyl halides is 3. The van der Waals surface area contributed by atoms with Gasteiger partial charge in [0.05, 0.1) is 5.56 Å². The van der Waals surface area contributed by atoms with Crippen LogP contribution >= 0.6 is 15.9 Å². The van der Waals surface area contributed by atoms with Crippen LogP contribution < -0.4 is 4.74 Å². The van der Waals surface area contributed by atoms with Crippen LogP contribution in [0.2, 0.25) is 0 Å². The fourth-order valence-electron chi connectivity index (χ4n) is 1.86. The van der Waals surface area contributed by atoms with Gasteiger partial charge in [-0.15, -0.1) is 0 Å². The van der Waals surface area contributed by atoms with Crippen LogP contribution in [-0.2, 0) is 12.6 Å². The highest BCUT2D eigenvalue weighted by molar-refractivity contribution is 9.10. The number of benzene rings is 2. The van der Waals surface area contributed by atoms with Crippen molar-refractivity contribution in [3.63, 3.8) is 0 Å². The molecule has 0 spiro atoms. The van der Waals surface area contributed by atoms with E-state index < -0.39 is 11.7 Å². The zero-order valence-corrected chi connectivity index (χ0v) is 12.4. The first kappa shape index (κ1) is 15.9. The summed E-state index contributed by atoms with van der Waals surface area (Å²) >= 11 is 3.02. The van der Waals surface area contributed by atoms with Gasteiger partial charge in [0, 0.05) is 11.1 Å². The molecule has 0 heterocycles. The molecule has 2 nitrogen and oxygen atoms in total. The number of aliphatic hydroxyl groups is 1. The van der Waals surface area contributed by atoms with Crippen molar-refractivity contribution in [3.05, 3.63) is 58.1 Å². The summed E-state index contributed by atoms with van der Waals surface area (Å²) in [7, 11) is 0. The van der Waals surface area contributed by atoms with Gasteiger partial charge in [-0.2, -0.15) is 13.2 Å². The second-order valence-electron chi connectivity index (χ2n) is 4.32. The zero-order chi connectivity index (χ0) is 15.5. The predicted octanol–water partition coefficient (Wildman–Crippen LogP) is 4.80. The molecule has 0 radical (unpaired) electrons. The smallest absolute Gasteiger partial charge is 0.420 e. The van der Waals surface area contributed by atoms with E-state index in [9.17, 15) is 13.2 Å². The molecule has 1 N–H and O–H groups in total. The lowest BCUT2D eigenvalue weighted by Gasteiger charge is -2.16. The Balaban J connectivity index is 2.41. The van der Waals surface area contributed by atoms with E-state index in [2.05, 4.69) is 15.9 Å². The minimum atomic E-state index is -4.51. The van der Waals surface area contributed by atoms with Crippen molar-refractivity contribution in [2.75, 3.05) is 6.61 Å². The van der Waals surface area contributed by atoms with Crippen LogP contribution in [0, 0.1) is 0 Å². The fourth-order valence-corrected chi connectivity index (χ4v) is 2.22. The Labute approximate surface area is 128 Å². The average molecular weight is 361 g/mol. The monoisotopic (exact) mass is 360 g/mol. The number of hydrogen-bond acceptors (Lipinski definition) is 2. The lowest BCUT2D eigenvalue weighted by atomic mass is 10.1. The molecule has 6 heteroatoms. The van der Waals surface area contributed by atoms with Crippen LogP contribution in [0.25, 0.3) is 0 Å². The first-order valence-electron chi connectivity index (χ1n) is 6.15. The van der Waals surface area contributed by atoms with E-state index >= 15 is 0 Å². The molecule has 2 aromatic carbocycles. The molecular formula is C15H12BrF3O2. The highest BCUT2D eigenvalue weighted by atomic mass is 79.9. The number of hydrogen-bond donors (Lipinski definition) is 1. The van der Waals surface area contributed by atoms with E-state index in [1.54, 1.807) is 24.3 Å². The van der Waals surface area contributed by atoms with E-state index in [1.165, 1.54) is 12.1 Å². The Hall–Kier alpha value is -1.53. The zero-order valence-electron chi connectivity index (χ0n) is 10.8. The Kier molecular flexibility index (Phi) is 4.90. The molecular weight excluding hydrogens is 349 g/mol. The quantitative estimate of drug-likeness (QED) is 0.848. The maximum absolute atomic E-state index is 13.0. The third-order valence-electron chi connectivity index (χ3n) is 2.82. The molecule has 0 aromatic heterocycles. The molecule has 0 aliphatic carbocycles. The molecule has 0 aliphatic rings. The van der Waals surface area contributed by atoms with Gasteiger partial charge >= 0.3 is 6.18 Å².